The number of nitrogens with zero attached hydrogens (tertiary/aromatic N) is 2. The van der Waals surface area contributed by atoms with Crippen LogP contribution in [0, 0.1) is 0 Å². The van der Waals surface area contributed by atoms with Crippen LogP contribution in [0.1, 0.15) is 12.0 Å². The molecule has 0 aromatic carbocycles. The van der Waals surface area contributed by atoms with Gasteiger partial charge in [-0.15, -0.1) is 0 Å². The second kappa shape index (κ2) is 7.21. The van der Waals surface area contributed by atoms with Crippen molar-refractivity contribution in [3.8, 4) is 0 Å². The summed E-state index contributed by atoms with van der Waals surface area (Å²) in [6.07, 6.45) is 4.77. The molecule has 1 aromatic heterocycles. The Hall–Kier alpha value is -1.46. The van der Waals surface area contributed by atoms with Gasteiger partial charge in [-0.05, 0) is 18.1 Å². The molecule has 5 heteroatoms. The Labute approximate surface area is 113 Å². The first kappa shape index (κ1) is 14.0. The van der Waals surface area contributed by atoms with Crippen molar-refractivity contribution in [2.24, 2.45) is 0 Å². The van der Waals surface area contributed by atoms with Gasteiger partial charge in [0.25, 0.3) is 0 Å². The van der Waals surface area contributed by atoms with Crippen LogP contribution in [-0.4, -0.2) is 55.3 Å². The van der Waals surface area contributed by atoms with E-state index in [9.17, 15) is 4.79 Å². The summed E-state index contributed by atoms with van der Waals surface area (Å²) in [7, 11) is 1.65. The Balaban J connectivity index is 1.87. The minimum atomic E-state index is 0.0418. The van der Waals surface area contributed by atoms with Crippen molar-refractivity contribution in [2.45, 2.75) is 18.9 Å². The molecule has 0 saturated carbocycles. The summed E-state index contributed by atoms with van der Waals surface area (Å²) in [4.78, 5) is 18.2. The van der Waals surface area contributed by atoms with Crippen molar-refractivity contribution in [1.82, 2.24) is 9.88 Å². The third-order valence-corrected chi connectivity index (χ3v) is 3.26. The van der Waals surface area contributed by atoms with E-state index in [2.05, 4.69) is 4.98 Å². The lowest BCUT2D eigenvalue weighted by Crippen LogP contribution is -2.50. The van der Waals surface area contributed by atoms with Gasteiger partial charge in [0.15, 0.2) is 0 Å². The van der Waals surface area contributed by atoms with Gasteiger partial charge in [-0.25, -0.2) is 0 Å². The van der Waals surface area contributed by atoms with E-state index in [0.717, 1.165) is 12.0 Å². The molecule has 2 heterocycles. The van der Waals surface area contributed by atoms with E-state index in [4.69, 9.17) is 9.47 Å². The van der Waals surface area contributed by atoms with E-state index in [0.29, 0.717) is 32.8 Å². The topological polar surface area (TPSA) is 51.7 Å². The maximum atomic E-state index is 12.3. The lowest BCUT2D eigenvalue weighted by Gasteiger charge is -2.35. The fourth-order valence-electron chi connectivity index (χ4n) is 2.25. The molecular formula is C14H20N2O3. The van der Waals surface area contributed by atoms with Crippen molar-refractivity contribution in [3.63, 3.8) is 0 Å². The van der Waals surface area contributed by atoms with Crippen LogP contribution >= 0.6 is 0 Å². The van der Waals surface area contributed by atoms with E-state index in [1.807, 2.05) is 17.0 Å². The van der Waals surface area contributed by atoms with Gasteiger partial charge >= 0.3 is 0 Å². The molecule has 1 fully saturated rings. The highest BCUT2D eigenvalue weighted by Crippen LogP contribution is 2.11. The van der Waals surface area contributed by atoms with Gasteiger partial charge in [-0.2, -0.15) is 0 Å². The molecule has 1 unspecified atom stereocenters. The molecule has 19 heavy (non-hydrogen) atoms. The normalized spacial score (nSPS) is 19.4. The number of morpholine rings is 1. The van der Waals surface area contributed by atoms with Gasteiger partial charge in [0.1, 0.15) is 0 Å². The maximum absolute atomic E-state index is 12.3. The van der Waals surface area contributed by atoms with Gasteiger partial charge in [0, 0.05) is 32.5 Å². The molecule has 0 N–H and O–H groups in total. The summed E-state index contributed by atoms with van der Waals surface area (Å²) >= 11 is 0. The summed E-state index contributed by atoms with van der Waals surface area (Å²) in [5.74, 6) is 0.161. The van der Waals surface area contributed by atoms with Crippen molar-refractivity contribution < 1.29 is 14.3 Å². The van der Waals surface area contributed by atoms with E-state index < -0.39 is 0 Å². The molecule has 1 aliphatic heterocycles. The van der Waals surface area contributed by atoms with Crippen LogP contribution < -0.4 is 0 Å². The summed E-state index contributed by atoms with van der Waals surface area (Å²) in [6, 6.07) is 3.93. The molecule has 1 saturated heterocycles. The van der Waals surface area contributed by atoms with Crippen LogP contribution in [0.15, 0.2) is 24.5 Å². The van der Waals surface area contributed by atoms with Crippen molar-refractivity contribution in [3.05, 3.63) is 30.1 Å². The van der Waals surface area contributed by atoms with Crippen LogP contribution in [0.5, 0.6) is 0 Å². The van der Waals surface area contributed by atoms with Crippen LogP contribution in [0.3, 0.4) is 0 Å². The zero-order valence-corrected chi connectivity index (χ0v) is 11.2. The predicted molar refractivity (Wildman–Crippen MR) is 70.8 cm³/mol. The lowest BCUT2D eigenvalue weighted by atomic mass is 10.1. The first-order valence-corrected chi connectivity index (χ1v) is 6.56. The molecule has 1 amide bonds. The molecule has 0 bridgehead atoms. The van der Waals surface area contributed by atoms with E-state index in [-0.39, 0.29) is 11.9 Å². The van der Waals surface area contributed by atoms with Gasteiger partial charge in [-0.3, -0.25) is 9.78 Å². The summed E-state index contributed by atoms with van der Waals surface area (Å²) in [5, 5.41) is 0. The van der Waals surface area contributed by atoms with Crippen molar-refractivity contribution in [2.75, 3.05) is 33.5 Å². The van der Waals surface area contributed by atoms with Gasteiger partial charge < -0.3 is 14.4 Å². The molecular weight excluding hydrogens is 244 g/mol. The molecule has 1 aromatic rings. The number of aromatic nitrogens is 1. The zero-order chi connectivity index (χ0) is 13.5. The number of pyridine rings is 1. The van der Waals surface area contributed by atoms with Gasteiger partial charge in [-0.1, -0.05) is 6.07 Å². The first-order valence-electron chi connectivity index (χ1n) is 6.56. The fourth-order valence-corrected chi connectivity index (χ4v) is 2.25. The van der Waals surface area contributed by atoms with E-state index >= 15 is 0 Å². The summed E-state index contributed by atoms with van der Waals surface area (Å²) in [5.41, 5.74) is 1.09. The Morgan fingerprint density at radius 1 is 1.63 bits per heavy atom. The molecule has 0 spiro atoms. The number of carbonyl (C=O) groups excluding carboxylic acids is 1. The van der Waals surface area contributed by atoms with Crippen molar-refractivity contribution >= 4 is 5.91 Å². The minimum Gasteiger partial charge on any atom is -0.382 e. The highest BCUT2D eigenvalue weighted by Gasteiger charge is 2.26. The average Bonchev–Trinajstić information content (AvgIpc) is 2.47. The molecule has 0 radical (unpaired) electrons. The molecule has 104 valence electrons. The number of amides is 1. The van der Waals surface area contributed by atoms with Crippen LogP contribution in [0.25, 0.3) is 0 Å². The summed E-state index contributed by atoms with van der Waals surface area (Å²) in [6.45, 7) is 2.35. The second-order valence-corrected chi connectivity index (χ2v) is 4.63. The largest absolute Gasteiger partial charge is 0.382 e. The van der Waals surface area contributed by atoms with Crippen LogP contribution in [0.2, 0.25) is 0 Å². The monoisotopic (exact) mass is 264 g/mol. The molecule has 1 atom stereocenters. The van der Waals surface area contributed by atoms with Crippen molar-refractivity contribution in [1.29, 1.82) is 0 Å². The number of ether oxygens (including phenoxy) is 2. The third-order valence-electron chi connectivity index (χ3n) is 3.26. The molecule has 1 aliphatic rings. The molecule has 0 aliphatic carbocycles. The highest BCUT2D eigenvalue weighted by atomic mass is 16.5. The standard InChI is InChI=1S/C14H20N2O3/c1-18-10-13-11-19-8-7-16(13)14(17)5-4-12-3-2-6-15-9-12/h2-3,6,9,13H,4-5,7-8,10-11H2,1H3. The SMILES string of the molecule is COCC1COCCN1C(=O)CCc1cccnc1. The Morgan fingerprint density at radius 2 is 2.53 bits per heavy atom. The smallest absolute Gasteiger partial charge is 0.223 e. The van der Waals surface area contributed by atoms with E-state index in [1.165, 1.54) is 0 Å². The van der Waals surface area contributed by atoms with Gasteiger partial charge in [0.2, 0.25) is 5.91 Å². The molecule has 5 nitrogen and oxygen atoms in total. The second-order valence-electron chi connectivity index (χ2n) is 4.63. The fraction of sp³-hybridized carbons (Fsp3) is 0.571. The quantitative estimate of drug-likeness (QED) is 0.792. The number of methoxy groups -OCH3 is 1. The minimum absolute atomic E-state index is 0.0418. The Kier molecular flexibility index (Phi) is 5.30. The van der Waals surface area contributed by atoms with Crippen LogP contribution in [0.4, 0.5) is 0 Å². The predicted octanol–water partition coefficient (Wildman–Crippen LogP) is 0.888. The average molecular weight is 264 g/mol. The lowest BCUT2D eigenvalue weighted by molar-refractivity contribution is -0.142. The molecule has 2 rings (SSSR count). The highest BCUT2D eigenvalue weighted by molar-refractivity contribution is 5.77. The summed E-state index contributed by atoms with van der Waals surface area (Å²) < 4.78 is 10.5. The third kappa shape index (κ3) is 4.01. The number of rotatable bonds is 5. The maximum Gasteiger partial charge on any atom is 0.223 e. The number of hydrogen-bond acceptors (Lipinski definition) is 4. The Morgan fingerprint density at radius 3 is 3.26 bits per heavy atom. The number of hydrogen-bond donors (Lipinski definition) is 0. The zero-order valence-electron chi connectivity index (χ0n) is 11.2. The van der Waals surface area contributed by atoms with Gasteiger partial charge in [0.05, 0.1) is 25.9 Å². The van der Waals surface area contributed by atoms with E-state index in [1.54, 1.807) is 19.5 Å². The number of aryl methyl sites for hydroxylation is 1. The number of carbonyl (C=O) groups is 1. The Bertz CT molecular complexity index is 395. The first-order chi connectivity index (χ1) is 9.31. The van der Waals surface area contributed by atoms with Crippen LogP contribution in [-0.2, 0) is 20.7 Å².